The molecule has 3 nitrogen and oxygen atoms in total. The van der Waals surface area contributed by atoms with Crippen LogP contribution in [0, 0.1) is 13.8 Å². The third-order valence-corrected chi connectivity index (χ3v) is 3.05. The first-order chi connectivity index (χ1) is 9.10. The maximum absolute atomic E-state index is 12.2. The maximum atomic E-state index is 12.2. The summed E-state index contributed by atoms with van der Waals surface area (Å²) in [6.45, 7) is 4.00. The van der Waals surface area contributed by atoms with Gasteiger partial charge < -0.3 is 10.6 Å². The van der Waals surface area contributed by atoms with Gasteiger partial charge in [-0.1, -0.05) is 18.2 Å². The Balaban J connectivity index is 2.22. The predicted octanol–water partition coefficient (Wildman–Crippen LogP) is 3.60. The fraction of sp³-hybridized carbons (Fsp3) is 0.188. The van der Waals surface area contributed by atoms with E-state index in [1.54, 1.807) is 6.07 Å². The summed E-state index contributed by atoms with van der Waals surface area (Å²) >= 11 is 0. The number of nitrogens with one attached hydrogen (secondary N) is 2. The Morgan fingerprint density at radius 2 is 1.84 bits per heavy atom. The Kier molecular flexibility index (Phi) is 3.85. The zero-order chi connectivity index (χ0) is 13.8. The van der Waals surface area contributed by atoms with Gasteiger partial charge in [-0.3, -0.25) is 4.79 Å². The molecule has 3 heteroatoms. The smallest absolute Gasteiger partial charge is 0.255 e. The van der Waals surface area contributed by atoms with E-state index in [1.807, 2.05) is 57.3 Å². The van der Waals surface area contributed by atoms with Crippen molar-refractivity contribution >= 4 is 17.3 Å². The van der Waals surface area contributed by atoms with E-state index in [0.717, 1.165) is 22.5 Å². The standard InChI is InChI=1S/C16H18N2O/c1-11-7-8-12(2)15(9-11)18-16(19)13-5-4-6-14(10-13)17-3/h4-10,17H,1-3H3,(H,18,19). The van der Waals surface area contributed by atoms with Crippen molar-refractivity contribution in [1.29, 1.82) is 0 Å². The molecule has 0 aliphatic rings. The van der Waals surface area contributed by atoms with Crippen molar-refractivity contribution in [2.45, 2.75) is 13.8 Å². The van der Waals surface area contributed by atoms with Crippen LogP contribution in [0.25, 0.3) is 0 Å². The molecule has 0 unspecified atom stereocenters. The SMILES string of the molecule is CNc1cccc(C(=O)Nc2cc(C)ccc2C)c1. The molecule has 2 aromatic carbocycles. The first-order valence-electron chi connectivity index (χ1n) is 6.26. The fourth-order valence-electron chi connectivity index (χ4n) is 1.88. The molecular formula is C16H18N2O. The zero-order valence-corrected chi connectivity index (χ0v) is 11.4. The molecule has 0 aliphatic heterocycles. The lowest BCUT2D eigenvalue weighted by molar-refractivity contribution is 0.102. The number of anilines is 2. The number of amides is 1. The van der Waals surface area contributed by atoms with Crippen LogP contribution in [-0.2, 0) is 0 Å². The van der Waals surface area contributed by atoms with E-state index in [9.17, 15) is 4.79 Å². The molecule has 98 valence electrons. The summed E-state index contributed by atoms with van der Waals surface area (Å²) in [5.41, 5.74) is 4.62. The number of hydrogen-bond acceptors (Lipinski definition) is 2. The fourth-order valence-corrected chi connectivity index (χ4v) is 1.88. The third-order valence-electron chi connectivity index (χ3n) is 3.05. The van der Waals surface area contributed by atoms with E-state index in [4.69, 9.17) is 0 Å². The first kappa shape index (κ1) is 13.1. The number of rotatable bonds is 3. The molecule has 0 radical (unpaired) electrons. The second-order valence-electron chi connectivity index (χ2n) is 4.60. The van der Waals surface area contributed by atoms with Gasteiger partial charge in [-0.2, -0.15) is 0 Å². The highest BCUT2D eigenvalue weighted by atomic mass is 16.1. The lowest BCUT2D eigenvalue weighted by atomic mass is 10.1. The van der Waals surface area contributed by atoms with Crippen molar-refractivity contribution < 1.29 is 4.79 Å². The molecule has 0 aliphatic carbocycles. The van der Waals surface area contributed by atoms with Crippen LogP contribution in [0.3, 0.4) is 0 Å². The summed E-state index contributed by atoms with van der Waals surface area (Å²) < 4.78 is 0. The quantitative estimate of drug-likeness (QED) is 0.878. The minimum Gasteiger partial charge on any atom is -0.388 e. The van der Waals surface area contributed by atoms with Gasteiger partial charge in [0.05, 0.1) is 0 Å². The predicted molar refractivity (Wildman–Crippen MR) is 79.9 cm³/mol. The topological polar surface area (TPSA) is 41.1 Å². The molecule has 2 N–H and O–H groups in total. The van der Waals surface area contributed by atoms with Gasteiger partial charge >= 0.3 is 0 Å². The highest BCUT2D eigenvalue weighted by molar-refractivity contribution is 6.05. The Hall–Kier alpha value is -2.29. The van der Waals surface area contributed by atoms with E-state index < -0.39 is 0 Å². The number of aryl methyl sites for hydroxylation is 2. The summed E-state index contributed by atoms with van der Waals surface area (Å²) in [6, 6.07) is 13.5. The van der Waals surface area contributed by atoms with Gasteiger partial charge in [-0.15, -0.1) is 0 Å². The van der Waals surface area contributed by atoms with E-state index in [0.29, 0.717) is 5.56 Å². The van der Waals surface area contributed by atoms with Crippen molar-refractivity contribution in [3.63, 3.8) is 0 Å². The minimum absolute atomic E-state index is 0.0919. The van der Waals surface area contributed by atoms with E-state index in [1.165, 1.54) is 0 Å². The number of carbonyl (C=O) groups is 1. The molecule has 19 heavy (non-hydrogen) atoms. The lowest BCUT2D eigenvalue weighted by Crippen LogP contribution is -2.13. The van der Waals surface area contributed by atoms with Crippen LogP contribution >= 0.6 is 0 Å². The Labute approximate surface area is 113 Å². The second kappa shape index (κ2) is 5.57. The summed E-state index contributed by atoms with van der Waals surface area (Å²) in [4.78, 5) is 12.2. The maximum Gasteiger partial charge on any atom is 0.255 e. The van der Waals surface area contributed by atoms with Crippen LogP contribution in [0.1, 0.15) is 21.5 Å². The van der Waals surface area contributed by atoms with Gasteiger partial charge in [0.2, 0.25) is 0 Å². The Morgan fingerprint density at radius 1 is 1.05 bits per heavy atom. The van der Waals surface area contributed by atoms with Crippen LogP contribution in [0.5, 0.6) is 0 Å². The summed E-state index contributed by atoms with van der Waals surface area (Å²) in [5.74, 6) is -0.0919. The molecule has 0 atom stereocenters. The largest absolute Gasteiger partial charge is 0.388 e. The molecule has 0 fully saturated rings. The number of carbonyl (C=O) groups excluding carboxylic acids is 1. The van der Waals surface area contributed by atoms with Crippen molar-refractivity contribution in [2.24, 2.45) is 0 Å². The highest BCUT2D eigenvalue weighted by Crippen LogP contribution is 2.18. The molecule has 2 rings (SSSR count). The summed E-state index contributed by atoms with van der Waals surface area (Å²) in [7, 11) is 1.84. The van der Waals surface area contributed by atoms with Gasteiger partial charge in [0.15, 0.2) is 0 Å². The molecule has 0 bridgehead atoms. The van der Waals surface area contributed by atoms with Crippen LogP contribution < -0.4 is 10.6 Å². The van der Waals surface area contributed by atoms with Crippen LogP contribution in [0.4, 0.5) is 11.4 Å². The van der Waals surface area contributed by atoms with Gasteiger partial charge in [-0.25, -0.2) is 0 Å². The van der Waals surface area contributed by atoms with Crippen molar-refractivity contribution in [3.05, 3.63) is 59.2 Å². The van der Waals surface area contributed by atoms with Crippen molar-refractivity contribution in [2.75, 3.05) is 17.7 Å². The van der Waals surface area contributed by atoms with E-state index >= 15 is 0 Å². The molecule has 0 saturated carbocycles. The minimum atomic E-state index is -0.0919. The Bertz CT molecular complexity index is 605. The average Bonchev–Trinajstić information content (AvgIpc) is 2.43. The van der Waals surface area contributed by atoms with Gasteiger partial charge in [0.1, 0.15) is 0 Å². The monoisotopic (exact) mass is 254 g/mol. The molecule has 1 amide bonds. The van der Waals surface area contributed by atoms with E-state index in [2.05, 4.69) is 10.6 Å². The van der Waals surface area contributed by atoms with Gasteiger partial charge in [0, 0.05) is 24.0 Å². The molecule has 0 aromatic heterocycles. The van der Waals surface area contributed by atoms with Gasteiger partial charge in [0.25, 0.3) is 5.91 Å². The summed E-state index contributed by atoms with van der Waals surface area (Å²) in [6.07, 6.45) is 0. The average molecular weight is 254 g/mol. The first-order valence-corrected chi connectivity index (χ1v) is 6.26. The molecule has 0 saturated heterocycles. The highest BCUT2D eigenvalue weighted by Gasteiger charge is 2.08. The van der Waals surface area contributed by atoms with Crippen LogP contribution in [-0.4, -0.2) is 13.0 Å². The third kappa shape index (κ3) is 3.13. The van der Waals surface area contributed by atoms with Crippen LogP contribution in [0.15, 0.2) is 42.5 Å². The number of hydrogen-bond donors (Lipinski definition) is 2. The van der Waals surface area contributed by atoms with Crippen molar-refractivity contribution in [3.8, 4) is 0 Å². The van der Waals surface area contributed by atoms with E-state index in [-0.39, 0.29) is 5.91 Å². The lowest BCUT2D eigenvalue weighted by Gasteiger charge is -2.10. The second-order valence-corrected chi connectivity index (χ2v) is 4.60. The Morgan fingerprint density at radius 3 is 2.58 bits per heavy atom. The summed E-state index contributed by atoms with van der Waals surface area (Å²) in [5, 5.41) is 5.98. The molecule has 2 aromatic rings. The van der Waals surface area contributed by atoms with Crippen molar-refractivity contribution in [1.82, 2.24) is 0 Å². The molecular weight excluding hydrogens is 236 g/mol. The normalized spacial score (nSPS) is 10.1. The molecule has 0 spiro atoms. The molecule has 0 heterocycles. The van der Waals surface area contributed by atoms with Crippen LogP contribution in [0.2, 0.25) is 0 Å². The van der Waals surface area contributed by atoms with Gasteiger partial charge in [-0.05, 0) is 49.2 Å². The number of benzene rings is 2. The zero-order valence-electron chi connectivity index (χ0n) is 11.4.